The quantitative estimate of drug-likeness (QED) is 0.571. The molecule has 0 heterocycles. The molecule has 84 valence electrons. The van der Waals surface area contributed by atoms with E-state index in [4.69, 9.17) is 5.11 Å². The van der Waals surface area contributed by atoms with E-state index in [1.807, 2.05) is 0 Å². The number of hydrogen-bond donors (Lipinski definition) is 1. The van der Waals surface area contributed by atoms with Crippen LogP contribution >= 0.6 is 0 Å². The molecule has 15 heavy (non-hydrogen) atoms. The molecule has 2 nitrogen and oxygen atoms in total. The van der Waals surface area contributed by atoms with Crippen molar-refractivity contribution >= 4 is 5.97 Å². The Morgan fingerprint density at radius 3 is 2.67 bits per heavy atom. The molecule has 0 saturated heterocycles. The summed E-state index contributed by atoms with van der Waals surface area (Å²) in [5.41, 5.74) is 1.62. The molecular formula is C13H20O2. The van der Waals surface area contributed by atoms with Crippen molar-refractivity contribution in [2.75, 3.05) is 0 Å². The van der Waals surface area contributed by atoms with Crippen molar-refractivity contribution in [3.63, 3.8) is 0 Å². The molecule has 0 aromatic heterocycles. The summed E-state index contributed by atoms with van der Waals surface area (Å²) in [5.74, 6) is -0.0276. The first-order chi connectivity index (χ1) is 6.85. The Bertz CT molecular complexity index is 310. The van der Waals surface area contributed by atoms with Crippen LogP contribution in [0, 0.1) is 17.3 Å². The number of rotatable bonds is 3. The third-order valence-corrected chi connectivity index (χ3v) is 3.80. The van der Waals surface area contributed by atoms with Crippen LogP contribution in [0.25, 0.3) is 0 Å². The van der Waals surface area contributed by atoms with E-state index in [2.05, 4.69) is 33.8 Å². The van der Waals surface area contributed by atoms with E-state index >= 15 is 0 Å². The first-order valence-corrected chi connectivity index (χ1v) is 5.44. The molecule has 0 aromatic rings. The molecular weight excluding hydrogens is 188 g/mol. The van der Waals surface area contributed by atoms with Crippen molar-refractivity contribution in [1.29, 1.82) is 0 Å². The molecule has 0 fully saturated rings. The largest absolute Gasteiger partial charge is 0.478 e. The van der Waals surface area contributed by atoms with Crippen molar-refractivity contribution < 1.29 is 9.90 Å². The summed E-state index contributed by atoms with van der Waals surface area (Å²) in [6, 6.07) is 0. The summed E-state index contributed by atoms with van der Waals surface area (Å²) in [6.07, 6.45) is 6.40. The number of aliphatic carboxylic acids is 1. The van der Waals surface area contributed by atoms with Crippen LogP contribution in [0.15, 0.2) is 23.8 Å². The van der Waals surface area contributed by atoms with Crippen molar-refractivity contribution in [3.8, 4) is 0 Å². The zero-order valence-electron chi connectivity index (χ0n) is 9.95. The first-order valence-electron chi connectivity index (χ1n) is 5.44. The zero-order chi connectivity index (χ0) is 11.6. The lowest BCUT2D eigenvalue weighted by Gasteiger charge is -2.32. The summed E-state index contributed by atoms with van der Waals surface area (Å²) in [5, 5.41) is 8.59. The number of hydrogen-bond acceptors (Lipinski definition) is 1. The number of allylic oxidation sites excluding steroid dienone is 3. The van der Waals surface area contributed by atoms with Crippen LogP contribution in [0.4, 0.5) is 0 Å². The van der Waals surface area contributed by atoms with Crippen LogP contribution in [-0.4, -0.2) is 11.1 Å². The highest BCUT2D eigenvalue weighted by atomic mass is 16.4. The molecule has 1 unspecified atom stereocenters. The van der Waals surface area contributed by atoms with Gasteiger partial charge in [0, 0.05) is 6.08 Å². The van der Waals surface area contributed by atoms with Gasteiger partial charge in [-0.3, -0.25) is 0 Å². The van der Waals surface area contributed by atoms with Crippen LogP contribution in [0.3, 0.4) is 0 Å². The molecule has 0 aliphatic heterocycles. The maximum absolute atomic E-state index is 10.4. The molecule has 2 heteroatoms. The monoisotopic (exact) mass is 208 g/mol. The van der Waals surface area contributed by atoms with Crippen LogP contribution in [-0.2, 0) is 4.79 Å². The SMILES string of the molecule is CC1=CCC([C@@H](C)C=CC(=O)O)C1(C)C. The standard InChI is InChI=1S/C13H20O2/c1-9(5-8-12(14)15)11-7-6-10(2)13(11,3)4/h5-6,8-9,11H,7H2,1-4H3,(H,14,15)/t9-,11?/m0/s1. The minimum absolute atomic E-state index is 0.197. The van der Waals surface area contributed by atoms with Gasteiger partial charge in [0.25, 0.3) is 0 Å². The maximum atomic E-state index is 10.4. The Balaban J connectivity index is 2.71. The van der Waals surface area contributed by atoms with Gasteiger partial charge in [-0.2, -0.15) is 0 Å². The topological polar surface area (TPSA) is 37.3 Å². The third kappa shape index (κ3) is 2.49. The van der Waals surface area contributed by atoms with Crippen LogP contribution in [0.1, 0.15) is 34.1 Å². The smallest absolute Gasteiger partial charge is 0.327 e. The molecule has 0 bridgehead atoms. The van der Waals surface area contributed by atoms with Crippen molar-refractivity contribution in [3.05, 3.63) is 23.8 Å². The Kier molecular flexibility index (Phi) is 3.38. The van der Waals surface area contributed by atoms with E-state index in [1.54, 1.807) is 6.08 Å². The molecule has 1 N–H and O–H groups in total. The average molecular weight is 208 g/mol. The van der Waals surface area contributed by atoms with E-state index in [0.29, 0.717) is 11.8 Å². The van der Waals surface area contributed by atoms with E-state index in [0.717, 1.165) is 6.42 Å². The molecule has 1 aliphatic rings. The first kappa shape index (κ1) is 12.0. The zero-order valence-corrected chi connectivity index (χ0v) is 9.95. The van der Waals surface area contributed by atoms with E-state index in [1.165, 1.54) is 11.6 Å². The van der Waals surface area contributed by atoms with Gasteiger partial charge < -0.3 is 5.11 Å². The predicted molar refractivity (Wildman–Crippen MR) is 61.6 cm³/mol. The highest BCUT2D eigenvalue weighted by Crippen LogP contribution is 2.46. The van der Waals surface area contributed by atoms with E-state index in [9.17, 15) is 4.79 Å². The Hall–Kier alpha value is -1.05. The minimum Gasteiger partial charge on any atom is -0.478 e. The van der Waals surface area contributed by atoms with Crippen LogP contribution in [0.2, 0.25) is 0 Å². The fraction of sp³-hybridized carbons (Fsp3) is 0.615. The Labute approximate surface area is 91.7 Å². The highest BCUT2D eigenvalue weighted by molar-refractivity contribution is 5.79. The summed E-state index contributed by atoms with van der Waals surface area (Å²) >= 11 is 0. The van der Waals surface area contributed by atoms with Crippen LogP contribution in [0.5, 0.6) is 0 Å². The van der Waals surface area contributed by atoms with Gasteiger partial charge in [-0.1, -0.05) is 38.5 Å². The van der Waals surface area contributed by atoms with E-state index < -0.39 is 5.97 Å². The van der Waals surface area contributed by atoms with Gasteiger partial charge in [-0.15, -0.1) is 0 Å². The summed E-state index contributed by atoms with van der Waals surface area (Å²) in [6.45, 7) is 8.73. The molecule has 0 radical (unpaired) electrons. The lowest BCUT2D eigenvalue weighted by Crippen LogP contribution is -2.25. The van der Waals surface area contributed by atoms with Gasteiger partial charge in [0.05, 0.1) is 0 Å². The molecule has 1 aliphatic carbocycles. The lowest BCUT2D eigenvalue weighted by atomic mass is 9.72. The second kappa shape index (κ2) is 4.21. The van der Waals surface area contributed by atoms with Crippen molar-refractivity contribution in [2.24, 2.45) is 17.3 Å². The summed E-state index contributed by atoms with van der Waals surface area (Å²) in [7, 11) is 0. The molecule has 0 spiro atoms. The lowest BCUT2D eigenvalue weighted by molar-refractivity contribution is -0.131. The third-order valence-electron chi connectivity index (χ3n) is 3.80. The van der Waals surface area contributed by atoms with Crippen molar-refractivity contribution in [2.45, 2.75) is 34.1 Å². The molecule has 0 amide bonds. The van der Waals surface area contributed by atoms with Gasteiger partial charge in [0.15, 0.2) is 0 Å². The average Bonchev–Trinajstić information content (AvgIpc) is 2.38. The number of carboxylic acids is 1. The molecule has 0 aromatic carbocycles. The number of carbonyl (C=O) groups is 1. The molecule has 0 saturated carbocycles. The Morgan fingerprint density at radius 1 is 1.67 bits per heavy atom. The van der Waals surface area contributed by atoms with Crippen LogP contribution < -0.4 is 0 Å². The minimum atomic E-state index is -0.859. The van der Waals surface area contributed by atoms with E-state index in [-0.39, 0.29) is 5.41 Å². The number of carboxylic acid groups (broad SMARTS) is 1. The summed E-state index contributed by atoms with van der Waals surface area (Å²) in [4.78, 5) is 10.4. The van der Waals surface area contributed by atoms with Gasteiger partial charge in [-0.05, 0) is 30.6 Å². The van der Waals surface area contributed by atoms with Gasteiger partial charge in [-0.25, -0.2) is 4.79 Å². The van der Waals surface area contributed by atoms with Gasteiger partial charge in [0.2, 0.25) is 0 Å². The fourth-order valence-corrected chi connectivity index (χ4v) is 2.39. The maximum Gasteiger partial charge on any atom is 0.327 e. The summed E-state index contributed by atoms with van der Waals surface area (Å²) < 4.78 is 0. The second-order valence-electron chi connectivity index (χ2n) is 5.01. The van der Waals surface area contributed by atoms with Gasteiger partial charge in [0.1, 0.15) is 0 Å². The second-order valence-corrected chi connectivity index (χ2v) is 5.01. The van der Waals surface area contributed by atoms with Gasteiger partial charge >= 0.3 is 5.97 Å². The van der Waals surface area contributed by atoms with Crippen molar-refractivity contribution in [1.82, 2.24) is 0 Å². The Morgan fingerprint density at radius 2 is 2.27 bits per heavy atom. The highest BCUT2D eigenvalue weighted by Gasteiger charge is 2.37. The molecule has 2 atom stereocenters. The normalized spacial score (nSPS) is 26.7. The molecule has 1 rings (SSSR count). The fourth-order valence-electron chi connectivity index (χ4n) is 2.39. The predicted octanol–water partition coefficient (Wildman–Crippen LogP) is 3.26.